The normalized spacial score (nSPS) is 11.8. The number of fused-ring (bicyclic) bond motifs is 3. The molecule has 0 N–H and O–H groups in total. The first-order valence-corrected chi connectivity index (χ1v) is 17.2. The van der Waals surface area contributed by atoms with E-state index >= 15 is 0 Å². The van der Waals surface area contributed by atoms with Gasteiger partial charge in [-0.3, -0.25) is 0 Å². The van der Waals surface area contributed by atoms with E-state index in [4.69, 9.17) is 0 Å². The SMILES string of the molecule is c1ccc(-c2ccc(N(c3ccc(-c4cccc5c4sc4ccccc45)cc3)c3ccc4ccc5cccc6ccc3c4c56)cc2)cc1. The third-order valence-corrected chi connectivity index (χ3v) is 11.0. The molecule has 0 aliphatic heterocycles. The molecule has 0 saturated heterocycles. The third kappa shape index (κ3) is 4.24. The standard InChI is InChI=1S/C46H29NS/c1-2-8-30(9-3-1)31-18-24-36(25-19-31)47(42-29-23-35-17-16-33-10-6-11-34-22-28-41(42)45(35)44(33)34)37-26-20-32(21-27-37)38-13-7-14-40-39-12-4-5-15-43(39)48-46(38)40/h1-29H. The molecular formula is C46H29NS. The van der Waals surface area contributed by atoms with Gasteiger partial charge in [0.1, 0.15) is 0 Å². The van der Waals surface area contributed by atoms with Gasteiger partial charge < -0.3 is 4.90 Å². The van der Waals surface area contributed by atoms with Gasteiger partial charge in [-0.25, -0.2) is 0 Å². The number of anilines is 3. The molecule has 2 heteroatoms. The van der Waals surface area contributed by atoms with Crippen LogP contribution in [0.5, 0.6) is 0 Å². The molecule has 0 aliphatic rings. The molecule has 0 fully saturated rings. The minimum atomic E-state index is 1.13. The molecule has 0 unspecified atom stereocenters. The molecule has 0 bridgehead atoms. The van der Waals surface area contributed by atoms with Crippen LogP contribution in [0.1, 0.15) is 0 Å². The Morgan fingerprint density at radius 1 is 0.354 bits per heavy atom. The summed E-state index contributed by atoms with van der Waals surface area (Å²) in [6, 6.07) is 64.4. The summed E-state index contributed by atoms with van der Waals surface area (Å²) in [5.41, 5.74) is 8.37. The van der Waals surface area contributed by atoms with Crippen molar-refractivity contribution in [3.63, 3.8) is 0 Å². The van der Waals surface area contributed by atoms with Crippen LogP contribution in [0, 0.1) is 0 Å². The topological polar surface area (TPSA) is 3.24 Å². The number of rotatable bonds is 5. The fourth-order valence-electron chi connectivity index (χ4n) is 7.54. The zero-order chi connectivity index (χ0) is 31.6. The zero-order valence-corrected chi connectivity index (χ0v) is 26.9. The molecule has 0 aliphatic carbocycles. The summed E-state index contributed by atoms with van der Waals surface area (Å²) in [5.74, 6) is 0. The molecule has 0 radical (unpaired) electrons. The Morgan fingerprint density at radius 3 is 1.71 bits per heavy atom. The Bertz CT molecular complexity index is 2740. The molecule has 0 atom stereocenters. The van der Waals surface area contributed by atoms with Crippen LogP contribution in [0.15, 0.2) is 176 Å². The monoisotopic (exact) mass is 627 g/mol. The van der Waals surface area contributed by atoms with Gasteiger partial charge >= 0.3 is 0 Å². The van der Waals surface area contributed by atoms with Gasteiger partial charge in [0.05, 0.1) is 5.69 Å². The summed E-state index contributed by atoms with van der Waals surface area (Å²) in [6.45, 7) is 0. The summed E-state index contributed by atoms with van der Waals surface area (Å²) in [4.78, 5) is 2.42. The lowest BCUT2D eigenvalue weighted by atomic mass is 9.93. The van der Waals surface area contributed by atoms with E-state index in [1.807, 2.05) is 11.3 Å². The molecule has 9 aromatic carbocycles. The molecule has 1 aromatic heterocycles. The van der Waals surface area contributed by atoms with Crippen LogP contribution < -0.4 is 4.90 Å². The lowest BCUT2D eigenvalue weighted by molar-refractivity contribution is 1.30. The average molecular weight is 628 g/mol. The predicted molar refractivity (Wildman–Crippen MR) is 209 cm³/mol. The first-order chi connectivity index (χ1) is 23.8. The molecule has 1 nitrogen and oxygen atoms in total. The maximum Gasteiger partial charge on any atom is 0.0540 e. The Hall–Kier alpha value is -5.96. The largest absolute Gasteiger partial charge is 0.310 e. The highest BCUT2D eigenvalue weighted by atomic mass is 32.1. The van der Waals surface area contributed by atoms with Gasteiger partial charge in [0, 0.05) is 36.9 Å². The number of hydrogen-bond acceptors (Lipinski definition) is 2. The van der Waals surface area contributed by atoms with E-state index in [2.05, 4.69) is 181 Å². The van der Waals surface area contributed by atoms with Crippen molar-refractivity contribution in [3.8, 4) is 22.3 Å². The first-order valence-electron chi connectivity index (χ1n) is 16.4. The molecule has 1 heterocycles. The second-order valence-electron chi connectivity index (χ2n) is 12.5. The van der Waals surface area contributed by atoms with Gasteiger partial charge in [-0.2, -0.15) is 0 Å². The molecule has 48 heavy (non-hydrogen) atoms. The van der Waals surface area contributed by atoms with Gasteiger partial charge in [-0.1, -0.05) is 140 Å². The van der Waals surface area contributed by atoms with Crippen LogP contribution in [0.3, 0.4) is 0 Å². The molecule has 10 rings (SSSR count). The third-order valence-electron chi connectivity index (χ3n) is 9.82. The number of hydrogen-bond donors (Lipinski definition) is 0. The predicted octanol–water partition coefficient (Wildman–Crippen LogP) is 13.8. The summed E-state index contributed by atoms with van der Waals surface area (Å²) in [6.07, 6.45) is 0. The molecule has 0 spiro atoms. The van der Waals surface area contributed by atoms with Crippen LogP contribution in [0.2, 0.25) is 0 Å². The fraction of sp³-hybridized carbons (Fsp3) is 0. The molecule has 0 saturated carbocycles. The highest BCUT2D eigenvalue weighted by molar-refractivity contribution is 7.26. The lowest BCUT2D eigenvalue weighted by Crippen LogP contribution is -2.10. The van der Waals surface area contributed by atoms with Crippen molar-refractivity contribution in [2.75, 3.05) is 4.90 Å². The second kappa shape index (κ2) is 10.8. The van der Waals surface area contributed by atoms with Crippen molar-refractivity contribution in [2.45, 2.75) is 0 Å². The second-order valence-corrected chi connectivity index (χ2v) is 13.6. The maximum absolute atomic E-state index is 2.42. The van der Waals surface area contributed by atoms with Gasteiger partial charge in [0.2, 0.25) is 0 Å². The average Bonchev–Trinajstić information content (AvgIpc) is 3.54. The minimum absolute atomic E-state index is 1.13. The highest BCUT2D eigenvalue weighted by Crippen LogP contribution is 2.45. The molecule has 10 aromatic rings. The van der Waals surface area contributed by atoms with Crippen molar-refractivity contribution in [3.05, 3.63) is 176 Å². The van der Waals surface area contributed by atoms with Gasteiger partial charge in [0.15, 0.2) is 0 Å². The molecule has 224 valence electrons. The zero-order valence-electron chi connectivity index (χ0n) is 26.1. The van der Waals surface area contributed by atoms with Crippen molar-refractivity contribution >= 4 is 80.9 Å². The smallest absolute Gasteiger partial charge is 0.0540 e. The Kier molecular flexibility index (Phi) is 6.12. The first kappa shape index (κ1) is 27.2. The molecule has 0 amide bonds. The van der Waals surface area contributed by atoms with Gasteiger partial charge in [-0.05, 0) is 85.6 Å². The van der Waals surface area contributed by atoms with Gasteiger partial charge in [-0.15, -0.1) is 11.3 Å². The van der Waals surface area contributed by atoms with Crippen molar-refractivity contribution in [1.82, 2.24) is 0 Å². The Morgan fingerprint density at radius 2 is 0.938 bits per heavy atom. The van der Waals surface area contributed by atoms with Crippen molar-refractivity contribution < 1.29 is 0 Å². The fourth-order valence-corrected chi connectivity index (χ4v) is 8.78. The minimum Gasteiger partial charge on any atom is -0.310 e. The summed E-state index contributed by atoms with van der Waals surface area (Å²) in [7, 11) is 0. The molecular weight excluding hydrogens is 599 g/mol. The quantitative estimate of drug-likeness (QED) is 0.172. The van der Waals surface area contributed by atoms with Crippen LogP contribution >= 0.6 is 11.3 Å². The van der Waals surface area contributed by atoms with Crippen LogP contribution in [0.25, 0.3) is 74.7 Å². The Balaban J connectivity index is 1.15. The Labute approximate surface area is 282 Å². The summed E-state index contributed by atoms with van der Waals surface area (Å²) < 4.78 is 2.67. The van der Waals surface area contributed by atoms with E-state index in [1.54, 1.807) is 0 Å². The number of benzene rings is 9. The summed E-state index contributed by atoms with van der Waals surface area (Å²) in [5, 5.41) is 10.4. The van der Waals surface area contributed by atoms with Crippen LogP contribution in [-0.2, 0) is 0 Å². The van der Waals surface area contributed by atoms with Crippen LogP contribution in [-0.4, -0.2) is 0 Å². The van der Waals surface area contributed by atoms with E-state index < -0.39 is 0 Å². The lowest BCUT2D eigenvalue weighted by Gasteiger charge is -2.28. The highest BCUT2D eigenvalue weighted by Gasteiger charge is 2.19. The van der Waals surface area contributed by atoms with E-state index in [9.17, 15) is 0 Å². The maximum atomic E-state index is 2.42. The van der Waals surface area contributed by atoms with Crippen LogP contribution in [0.4, 0.5) is 17.1 Å². The van der Waals surface area contributed by atoms with E-state index in [0.29, 0.717) is 0 Å². The van der Waals surface area contributed by atoms with E-state index in [-0.39, 0.29) is 0 Å². The number of nitrogens with zero attached hydrogens (tertiary/aromatic N) is 1. The van der Waals surface area contributed by atoms with Gasteiger partial charge in [0.25, 0.3) is 0 Å². The van der Waals surface area contributed by atoms with E-state index in [1.165, 1.54) is 80.4 Å². The van der Waals surface area contributed by atoms with Crippen molar-refractivity contribution in [1.29, 1.82) is 0 Å². The van der Waals surface area contributed by atoms with Crippen molar-refractivity contribution in [2.24, 2.45) is 0 Å². The van der Waals surface area contributed by atoms with E-state index in [0.717, 1.165) is 11.4 Å². The number of thiophene rings is 1. The summed E-state index contributed by atoms with van der Waals surface area (Å²) >= 11 is 1.88.